The summed E-state index contributed by atoms with van der Waals surface area (Å²) in [7, 11) is 0. The maximum atomic E-state index is 10.2. The van der Waals surface area contributed by atoms with E-state index in [0.29, 0.717) is 5.75 Å². The average Bonchev–Trinajstić information content (AvgIpc) is 2.03. The standard InChI is InChI=1S/C7H7NO3S/c9-7-3-5(4-12)1-2-6(7)8(10)11/h1-3,9,12H,4H2. The van der Waals surface area contributed by atoms with Crippen molar-refractivity contribution in [3.63, 3.8) is 0 Å². The van der Waals surface area contributed by atoms with Crippen molar-refractivity contribution in [2.75, 3.05) is 0 Å². The van der Waals surface area contributed by atoms with Crippen LogP contribution in [0.1, 0.15) is 5.56 Å². The minimum Gasteiger partial charge on any atom is -0.502 e. The van der Waals surface area contributed by atoms with E-state index >= 15 is 0 Å². The highest BCUT2D eigenvalue weighted by Gasteiger charge is 2.11. The molecule has 0 bridgehead atoms. The van der Waals surface area contributed by atoms with E-state index in [-0.39, 0.29) is 11.4 Å². The van der Waals surface area contributed by atoms with Crippen LogP contribution in [0.25, 0.3) is 0 Å². The molecule has 5 heteroatoms. The van der Waals surface area contributed by atoms with Crippen molar-refractivity contribution in [2.24, 2.45) is 0 Å². The molecule has 0 saturated heterocycles. The Hall–Kier alpha value is -1.23. The zero-order valence-electron chi connectivity index (χ0n) is 6.10. The fourth-order valence-electron chi connectivity index (χ4n) is 0.822. The second-order valence-electron chi connectivity index (χ2n) is 2.24. The van der Waals surface area contributed by atoms with Gasteiger partial charge in [0.1, 0.15) is 0 Å². The molecule has 0 aliphatic heterocycles. The van der Waals surface area contributed by atoms with Gasteiger partial charge >= 0.3 is 5.69 Å². The molecule has 0 unspecified atom stereocenters. The molecule has 0 aliphatic carbocycles. The summed E-state index contributed by atoms with van der Waals surface area (Å²) >= 11 is 3.96. The summed E-state index contributed by atoms with van der Waals surface area (Å²) in [6.45, 7) is 0. The highest BCUT2D eigenvalue weighted by molar-refractivity contribution is 7.79. The highest BCUT2D eigenvalue weighted by atomic mass is 32.1. The Labute approximate surface area is 74.4 Å². The molecule has 0 fully saturated rings. The van der Waals surface area contributed by atoms with Gasteiger partial charge in [0, 0.05) is 11.8 Å². The molecular weight excluding hydrogens is 178 g/mol. The van der Waals surface area contributed by atoms with Gasteiger partial charge < -0.3 is 5.11 Å². The predicted octanol–water partition coefficient (Wildman–Crippen LogP) is 1.73. The lowest BCUT2D eigenvalue weighted by atomic mass is 10.2. The van der Waals surface area contributed by atoms with Crippen molar-refractivity contribution in [3.8, 4) is 5.75 Å². The van der Waals surface area contributed by atoms with Crippen molar-refractivity contribution in [2.45, 2.75) is 5.75 Å². The second-order valence-corrected chi connectivity index (χ2v) is 2.55. The first-order valence-corrected chi connectivity index (χ1v) is 3.85. The van der Waals surface area contributed by atoms with Gasteiger partial charge in [-0.1, -0.05) is 6.07 Å². The number of nitrogens with zero attached hydrogens (tertiary/aromatic N) is 1. The molecule has 1 aromatic carbocycles. The number of phenols is 1. The zero-order chi connectivity index (χ0) is 9.14. The molecule has 64 valence electrons. The number of benzene rings is 1. The van der Waals surface area contributed by atoms with E-state index in [1.165, 1.54) is 12.1 Å². The number of aromatic hydroxyl groups is 1. The summed E-state index contributed by atoms with van der Waals surface area (Å²) in [5, 5.41) is 19.4. The normalized spacial score (nSPS) is 9.75. The van der Waals surface area contributed by atoms with Gasteiger partial charge in [-0.05, 0) is 11.6 Å². The summed E-state index contributed by atoms with van der Waals surface area (Å²) in [6, 6.07) is 4.16. The third-order valence-corrected chi connectivity index (χ3v) is 1.78. The fraction of sp³-hybridized carbons (Fsp3) is 0.143. The van der Waals surface area contributed by atoms with Gasteiger partial charge in [-0.2, -0.15) is 12.6 Å². The third-order valence-electron chi connectivity index (χ3n) is 1.42. The van der Waals surface area contributed by atoms with Crippen molar-refractivity contribution >= 4 is 18.3 Å². The number of hydrogen-bond donors (Lipinski definition) is 2. The second kappa shape index (κ2) is 3.44. The Balaban J connectivity index is 3.12. The first-order valence-electron chi connectivity index (χ1n) is 3.22. The van der Waals surface area contributed by atoms with E-state index < -0.39 is 4.92 Å². The number of nitro benzene ring substituents is 1. The van der Waals surface area contributed by atoms with E-state index in [1.54, 1.807) is 6.07 Å². The molecule has 0 heterocycles. The first kappa shape index (κ1) is 8.86. The lowest BCUT2D eigenvalue weighted by Gasteiger charge is -1.97. The summed E-state index contributed by atoms with van der Waals surface area (Å²) in [6.07, 6.45) is 0. The maximum absolute atomic E-state index is 10.2. The van der Waals surface area contributed by atoms with Crippen LogP contribution in [-0.2, 0) is 5.75 Å². The van der Waals surface area contributed by atoms with E-state index in [4.69, 9.17) is 5.11 Å². The zero-order valence-corrected chi connectivity index (χ0v) is 6.99. The van der Waals surface area contributed by atoms with E-state index in [9.17, 15) is 10.1 Å². The van der Waals surface area contributed by atoms with Crippen LogP contribution in [0, 0.1) is 10.1 Å². The van der Waals surface area contributed by atoms with Crippen LogP contribution >= 0.6 is 12.6 Å². The molecule has 0 saturated carbocycles. The number of nitro groups is 1. The summed E-state index contributed by atoms with van der Waals surface area (Å²) in [4.78, 5) is 9.62. The third kappa shape index (κ3) is 1.68. The van der Waals surface area contributed by atoms with Crippen LogP contribution in [0.4, 0.5) is 5.69 Å². The number of thiol groups is 1. The molecular formula is C7H7NO3S. The number of hydrogen-bond acceptors (Lipinski definition) is 4. The van der Waals surface area contributed by atoms with Gasteiger partial charge in [-0.25, -0.2) is 0 Å². The lowest BCUT2D eigenvalue weighted by Crippen LogP contribution is -1.89. The van der Waals surface area contributed by atoms with Crippen molar-refractivity contribution in [3.05, 3.63) is 33.9 Å². The number of rotatable bonds is 2. The quantitative estimate of drug-likeness (QED) is 0.419. The maximum Gasteiger partial charge on any atom is 0.310 e. The van der Waals surface area contributed by atoms with E-state index in [0.717, 1.165) is 5.56 Å². The predicted molar refractivity (Wildman–Crippen MR) is 47.5 cm³/mol. The topological polar surface area (TPSA) is 63.4 Å². The van der Waals surface area contributed by atoms with Crippen LogP contribution < -0.4 is 0 Å². The summed E-state index contributed by atoms with van der Waals surface area (Å²) < 4.78 is 0. The SMILES string of the molecule is O=[N+]([O-])c1ccc(CS)cc1O. The Morgan fingerprint density at radius 3 is 2.67 bits per heavy atom. The van der Waals surface area contributed by atoms with Crippen molar-refractivity contribution < 1.29 is 10.0 Å². The van der Waals surface area contributed by atoms with Gasteiger partial charge in [-0.15, -0.1) is 0 Å². The molecule has 0 aliphatic rings. The largest absolute Gasteiger partial charge is 0.502 e. The molecule has 4 nitrogen and oxygen atoms in total. The minimum atomic E-state index is -0.627. The summed E-state index contributed by atoms with van der Waals surface area (Å²) in [5.41, 5.74) is 0.474. The molecule has 0 atom stereocenters. The molecule has 1 N–H and O–H groups in total. The van der Waals surface area contributed by atoms with Crippen LogP contribution in [0.5, 0.6) is 5.75 Å². The highest BCUT2D eigenvalue weighted by Crippen LogP contribution is 2.26. The fourth-order valence-corrected chi connectivity index (χ4v) is 1.02. The Kier molecular flexibility index (Phi) is 2.54. The molecule has 1 rings (SSSR count). The van der Waals surface area contributed by atoms with Crippen LogP contribution in [0.2, 0.25) is 0 Å². The van der Waals surface area contributed by atoms with Crippen molar-refractivity contribution in [1.29, 1.82) is 0 Å². The molecule has 0 amide bonds. The van der Waals surface area contributed by atoms with E-state index in [2.05, 4.69) is 12.6 Å². The smallest absolute Gasteiger partial charge is 0.310 e. The first-order chi connectivity index (χ1) is 5.65. The van der Waals surface area contributed by atoms with Gasteiger partial charge in [0.05, 0.1) is 4.92 Å². The van der Waals surface area contributed by atoms with E-state index in [1.807, 2.05) is 0 Å². The van der Waals surface area contributed by atoms with Crippen LogP contribution in [0.3, 0.4) is 0 Å². The van der Waals surface area contributed by atoms with Gasteiger partial charge in [-0.3, -0.25) is 10.1 Å². The van der Waals surface area contributed by atoms with Crippen LogP contribution in [0.15, 0.2) is 18.2 Å². The number of phenolic OH excluding ortho intramolecular Hbond substituents is 1. The van der Waals surface area contributed by atoms with Gasteiger partial charge in [0.25, 0.3) is 0 Å². The molecule has 0 spiro atoms. The van der Waals surface area contributed by atoms with Crippen molar-refractivity contribution in [1.82, 2.24) is 0 Å². The average molecular weight is 185 g/mol. The molecule has 0 aromatic heterocycles. The molecule has 12 heavy (non-hydrogen) atoms. The van der Waals surface area contributed by atoms with Crippen LogP contribution in [-0.4, -0.2) is 10.0 Å². The Bertz CT molecular complexity index is 314. The Morgan fingerprint density at radius 2 is 2.25 bits per heavy atom. The molecule has 0 radical (unpaired) electrons. The summed E-state index contributed by atoms with van der Waals surface area (Å²) in [5.74, 6) is 0.137. The minimum absolute atomic E-state index is 0.277. The van der Waals surface area contributed by atoms with Gasteiger partial charge in [0.2, 0.25) is 0 Å². The Morgan fingerprint density at radius 1 is 1.58 bits per heavy atom. The molecule has 1 aromatic rings. The lowest BCUT2D eigenvalue weighted by molar-refractivity contribution is -0.385. The monoisotopic (exact) mass is 185 g/mol. The van der Waals surface area contributed by atoms with Gasteiger partial charge in [0.15, 0.2) is 5.75 Å².